The van der Waals surface area contributed by atoms with Crippen LogP contribution in [0, 0.1) is 12.8 Å². The first-order chi connectivity index (χ1) is 10.9. The first kappa shape index (κ1) is 15.9. The Balaban J connectivity index is 1.65. The zero-order valence-electron chi connectivity index (χ0n) is 13.2. The van der Waals surface area contributed by atoms with Crippen LogP contribution in [0.3, 0.4) is 0 Å². The Morgan fingerprint density at radius 2 is 2.17 bits per heavy atom. The van der Waals surface area contributed by atoms with Crippen LogP contribution < -0.4 is 10.6 Å². The van der Waals surface area contributed by atoms with E-state index < -0.39 is 17.5 Å². The molecule has 0 atom stereocenters. The largest absolute Gasteiger partial charge is 0.325 e. The topological polar surface area (TPSA) is 91.4 Å². The molecule has 3 rings (SSSR count). The van der Waals surface area contributed by atoms with Crippen molar-refractivity contribution in [3.63, 3.8) is 0 Å². The van der Waals surface area contributed by atoms with Crippen molar-refractivity contribution in [2.24, 2.45) is 5.92 Å². The number of hydrogen-bond donors (Lipinski definition) is 2. The molecule has 2 fully saturated rings. The van der Waals surface area contributed by atoms with Crippen molar-refractivity contribution in [1.29, 1.82) is 0 Å². The molecule has 1 aromatic heterocycles. The molecule has 1 saturated carbocycles. The summed E-state index contributed by atoms with van der Waals surface area (Å²) in [6, 6.07) is -0.477. The van der Waals surface area contributed by atoms with E-state index in [1.165, 1.54) is 11.3 Å². The summed E-state index contributed by atoms with van der Waals surface area (Å²) in [6.07, 6.45) is 4.76. The molecule has 0 unspecified atom stereocenters. The molecule has 2 aliphatic rings. The van der Waals surface area contributed by atoms with Crippen LogP contribution in [0.4, 0.5) is 9.93 Å². The van der Waals surface area contributed by atoms with Crippen LogP contribution in [0.5, 0.6) is 0 Å². The van der Waals surface area contributed by atoms with Crippen molar-refractivity contribution in [1.82, 2.24) is 15.2 Å². The molecule has 23 heavy (non-hydrogen) atoms. The number of carbonyl (C=O) groups excluding carboxylic acids is 3. The maximum Gasteiger partial charge on any atom is 0.325 e. The minimum atomic E-state index is -0.804. The van der Waals surface area contributed by atoms with E-state index in [0.717, 1.165) is 22.6 Å². The lowest BCUT2D eigenvalue weighted by molar-refractivity contribution is -0.135. The zero-order chi connectivity index (χ0) is 16.6. The zero-order valence-corrected chi connectivity index (χ0v) is 14.0. The minimum Gasteiger partial charge on any atom is -0.323 e. The number of imide groups is 1. The Morgan fingerprint density at radius 1 is 1.48 bits per heavy atom. The second kappa shape index (κ2) is 5.92. The SMILES string of the molecule is Cc1cnc(NC(=O)CN2C(=O)NC3(CCC(C)CC3)C2=O)s1. The number of nitrogens with zero attached hydrogens (tertiary/aromatic N) is 2. The van der Waals surface area contributed by atoms with Crippen molar-refractivity contribution >= 4 is 34.3 Å². The summed E-state index contributed by atoms with van der Waals surface area (Å²) in [5.41, 5.74) is -0.804. The van der Waals surface area contributed by atoms with Gasteiger partial charge in [-0.1, -0.05) is 6.92 Å². The maximum absolute atomic E-state index is 12.6. The van der Waals surface area contributed by atoms with E-state index in [2.05, 4.69) is 22.5 Å². The molecule has 0 aromatic carbocycles. The first-order valence-electron chi connectivity index (χ1n) is 7.76. The molecule has 1 saturated heterocycles. The van der Waals surface area contributed by atoms with Gasteiger partial charge in [-0.05, 0) is 38.5 Å². The van der Waals surface area contributed by atoms with Crippen LogP contribution >= 0.6 is 11.3 Å². The Hall–Kier alpha value is -1.96. The number of aromatic nitrogens is 1. The standard InChI is InChI=1S/C15H20N4O3S/c1-9-3-5-15(6-4-9)12(21)19(14(22)18-15)8-11(20)17-13-16-7-10(2)23-13/h7,9H,3-6,8H2,1-2H3,(H,18,22)(H,16,17,20). The number of anilines is 1. The van der Waals surface area contributed by atoms with Gasteiger partial charge in [-0.3, -0.25) is 14.5 Å². The number of aryl methyl sites for hydroxylation is 1. The van der Waals surface area contributed by atoms with Gasteiger partial charge >= 0.3 is 6.03 Å². The molecular weight excluding hydrogens is 316 g/mol. The average molecular weight is 336 g/mol. The third-order valence-electron chi connectivity index (χ3n) is 4.54. The third-order valence-corrected chi connectivity index (χ3v) is 5.37. The van der Waals surface area contributed by atoms with E-state index in [9.17, 15) is 14.4 Å². The highest BCUT2D eigenvalue weighted by molar-refractivity contribution is 7.15. The second-order valence-electron chi connectivity index (χ2n) is 6.41. The van der Waals surface area contributed by atoms with Crippen molar-refractivity contribution in [2.75, 3.05) is 11.9 Å². The van der Waals surface area contributed by atoms with Crippen molar-refractivity contribution in [3.8, 4) is 0 Å². The highest BCUT2D eigenvalue weighted by Crippen LogP contribution is 2.36. The molecule has 1 aromatic rings. The van der Waals surface area contributed by atoms with E-state index in [0.29, 0.717) is 23.9 Å². The highest BCUT2D eigenvalue weighted by atomic mass is 32.1. The molecule has 124 valence electrons. The van der Waals surface area contributed by atoms with Crippen LogP contribution in [0.25, 0.3) is 0 Å². The Bertz CT molecular complexity index is 649. The number of urea groups is 1. The summed E-state index contributed by atoms with van der Waals surface area (Å²) in [4.78, 5) is 42.9. The third kappa shape index (κ3) is 3.08. The molecule has 2 heterocycles. The molecule has 1 aliphatic carbocycles. The Labute approximate surface area is 138 Å². The van der Waals surface area contributed by atoms with Gasteiger partial charge in [-0.15, -0.1) is 11.3 Å². The van der Waals surface area contributed by atoms with E-state index >= 15 is 0 Å². The summed E-state index contributed by atoms with van der Waals surface area (Å²) in [6.45, 7) is 3.76. The number of rotatable bonds is 3. The fourth-order valence-corrected chi connectivity index (χ4v) is 3.81. The van der Waals surface area contributed by atoms with Gasteiger partial charge in [-0.25, -0.2) is 9.78 Å². The van der Waals surface area contributed by atoms with Gasteiger partial charge in [0, 0.05) is 11.1 Å². The second-order valence-corrected chi connectivity index (χ2v) is 7.65. The number of amides is 4. The normalized spacial score (nSPS) is 27.4. The summed E-state index contributed by atoms with van der Waals surface area (Å²) < 4.78 is 0. The smallest absolute Gasteiger partial charge is 0.323 e. The fourth-order valence-electron chi connectivity index (χ4n) is 3.13. The van der Waals surface area contributed by atoms with E-state index in [1.54, 1.807) is 6.20 Å². The number of thiazole rings is 1. The van der Waals surface area contributed by atoms with Gasteiger partial charge in [0.05, 0.1) is 0 Å². The minimum absolute atomic E-state index is 0.277. The first-order valence-corrected chi connectivity index (χ1v) is 8.58. The molecule has 7 nitrogen and oxygen atoms in total. The molecule has 0 bridgehead atoms. The summed E-state index contributed by atoms with van der Waals surface area (Å²) in [5.74, 6) is -0.125. The molecular formula is C15H20N4O3S. The number of nitrogens with one attached hydrogen (secondary N) is 2. The summed E-state index contributed by atoms with van der Waals surface area (Å²) >= 11 is 1.35. The van der Waals surface area contributed by atoms with Gasteiger partial charge < -0.3 is 10.6 Å². The predicted molar refractivity (Wildman–Crippen MR) is 86.1 cm³/mol. The molecule has 2 N–H and O–H groups in total. The van der Waals surface area contributed by atoms with Gasteiger partial charge in [-0.2, -0.15) is 0 Å². The van der Waals surface area contributed by atoms with Crippen LogP contribution in [-0.2, 0) is 9.59 Å². The lowest BCUT2D eigenvalue weighted by atomic mass is 9.77. The van der Waals surface area contributed by atoms with E-state index in [-0.39, 0.29) is 12.5 Å². The Kier molecular flexibility index (Phi) is 4.09. The van der Waals surface area contributed by atoms with Crippen LogP contribution in [-0.4, -0.2) is 39.8 Å². The van der Waals surface area contributed by atoms with Gasteiger partial charge in [0.2, 0.25) is 5.91 Å². The van der Waals surface area contributed by atoms with E-state index in [4.69, 9.17) is 0 Å². The van der Waals surface area contributed by atoms with Crippen molar-refractivity contribution < 1.29 is 14.4 Å². The van der Waals surface area contributed by atoms with Crippen molar-refractivity contribution in [2.45, 2.75) is 45.1 Å². The monoisotopic (exact) mass is 336 g/mol. The predicted octanol–water partition coefficient (Wildman–Crippen LogP) is 1.89. The van der Waals surface area contributed by atoms with E-state index in [1.807, 2.05) is 6.92 Å². The van der Waals surface area contributed by atoms with Gasteiger partial charge in [0.1, 0.15) is 12.1 Å². The molecule has 1 spiro atoms. The summed E-state index contributed by atoms with van der Waals surface area (Å²) in [5, 5.41) is 5.90. The lowest BCUT2D eigenvalue weighted by Gasteiger charge is -2.33. The average Bonchev–Trinajstić information content (AvgIpc) is 3.00. The number of carbonyl (C=O) groups is 3. The molecule has 1 aliphatic heterocycles. The van der Waals surface area contributed by atoms with Gasteiger partial charge in [0.25, 0.3) is 5.91 Å². The lowest BCUT2D eigenvalue weighted by Crippen LogP contribution is -2.49. The molecule has 4 amide bonds. The molecule has 8 heteroatoms. The van der Waals surface area contributed by atoms with Crippen LogP contribution in [0.1, 0.15) is 37.5 Å². The van der Waals surface area contributed by atoms with Crippen LogP contribution in [0.2, 0.25) is 0 Å². The van der Waals surface area contributed by atoms with Gasteiger partial charge in [0.15, 0.2) is 5.13 Å². The quantitative estimate of drug-likeness (QED) is 0.825. The molecule has 0 radical (unpaired) electrons. The number of hydrogen-bond acceptors (Lipinski definition) is 5. The summed E-state index contributed by atoms with van der Waals surface area (Å²) in [7, 11) is 0. The maximum atomic E-state index is 12.6. The fraction of sp³-hybridized carbons (Fsp3) is 0.600. The highest BCUT2D eigenvalue weighted by Gasteiger charge is 2.52. The van der Waals surface area contributed by atoms with Crippen LogP contribution in [0.15, 0.2) is 6.20 Å². The Morgan fingerprint density at radius 3 is 2.78 bits per heavy atom. The van der Waals surface area contributed by atoms with Crippen molar-refractivity contribution in [3.05, 3.63) is 11.1 Å².